The van der Waals surface area contributed by atoms with Crippen LogP contribution >= 0.6 is 23.2 Å². The van der Waals surface area contributed by atoms with Gasteiger partial charge in [0.1, 0.15) is 5.56 Å². The van der Waals surface area contributed by atoms with Crippen molar-refractivity contribution in [1.82, 2.24) is 14.1 Å². The second kappa shape index (κ2) is 10.5. The third-order valence-corrected chi connectivity index (χ3v) is 6.79. The van der Waals surface area contributed by atoms with Crippen LogP contribution in [-0.4, -0.2) is 26.3 Å². The van der Waals surface area contributed by atoms with Gasteiger partial charge in [-0.3, -0.25) is 23.9 Å². The Bertz CT molecular complexity index is 1670. The number of amides is 1. The number of pyridine rings is 1. The average Bonchev–Trinajstić information content (AvgIpc) is 2.90. The van der Waals surface area contributed by atoms with E-state index in [9.17, 15) is 19.2 Å². The Morgan fingerprint density at radius 3 is 2.30 bits per heavy atom. The van der Waals surface area contributed by atoms with E-state index in [1.54, 1.807) is 36.4 Å². The van der Waals surface area contributed by atoms with E-state index in [4.69, 9.17) is 23.2 Å². The van der Waals surface area contributed by atoms with Gasteiger partial charge in [-0.25, -0.2) is 4.79 Å². The molecule has 0 saturated heterocycles. The van der Waals surface area contributed by atoms with E-state index in [1.807, 2.05) is 19.1 Å². The summed E-state index contributed by atoms with van der Waals surface area (Å²) >= 11 is 13.5. The number of rotatable bonds is 6. The highest BCUT2D eigenvalue weighted by molar-refractivity contribution is 6.39. The molecule has 4 rings (SSSR count). The van der Waals surface area contributed by atoms with Crippen molar-refractivity contribution in [3.8, 4) is 22.4 Å². The molecule has 0 saturated carbocycles. The molecule has 1 N–H and O–H groups in total. The number of nitrogens with one attached hydrogen (secondary N) is 1. The summed E-state index contributed by atoms with van der Waals surface area (Å²) in [4.78, 5) is 53.2. The van der Waals surface area contributed by atoms with Gasteiger partial charge in [-0.05, 0) is 24.6 Å². The minimum atomic E-state index is -0.719. The molecule has 8 nitrogen and oxygen atoms in total. The van der Waals surface area contributed by atoms with Gasteiger partial charge in [-0.1, -0.05) is 60.5 Å². The van der Waals surface area contributed by atoms with E-state index >= 15 is 0 Å². The smallest absolute Gasteiger partial charge is 0.320 e. The zero-order valence-corrected chi connectivity index (χ0v) is 21.7. The van der Waals surface area contributed by atoms with Crippen LogP contribution in [0.3, 0.4) is 0 Å². The fourth-order valence-corrected chi connectivity index (χ4v) is 4.58. The van der Waals surface area contributed by atoms with Crippen molar-refractivity contribution in [2.24, 2.45) is 14.1 Å². The topological polar surface area (TPSA) is 103 Å². The van der Waals surface area contributed by atoms with Crippen molar-refractivity contribution in [3.05, 3.63) is 102 Å². The van der Waals surface area contributed by atoms with Crippen molar-refractivity contribution >= 4 is 41.1 Å². The van der Waals surface area contributed by atoms with Crippen LogP contribution in [0.25, 0.3) is 22.4 Å². The van der Waals surface area contributed by atoms with Gasteiger partial charge in [-0.2, -0.15) is 0 Å². The number of aldehydes is 1. The lowest BCUT2D eigenvalue weighted by atomic mass is 9.99. The molecule has 4 aromatic rings. The SMILES string of the molecule is CCc1nc(-c2cccc(-c3cccc(NC(=O)c4cn(C)c(=O)n(C)c4=O)c3Cl)c2Cl)ccc1C=O. The molecule has 0 atom stereocenters. The fraction of sp³-hybridized carbons (Fsp3) is 0.148. The summed E-state index contributed by atoms with van der Waals surface area (Å²) in [5, 5.41) is 3.27. The fourth-order valence-electron chi connectivity index (χ4n) is 3.98. The molecule has 0 bridgehead atoms. The average molecular weight is 537 g/mol. The maximum atomic E-state index is 12.9. The molecule has 10 heteroatoms. The van der Waals surface area contributed by atoms with Crippen LogP contribution < -0.4 is 16.6 Å². The van der Waals surface area contributed by atoms with Crippen molar-refractivity contribution < 1.29 is 9.59 Å². The Morgan fingerprint density at radius 2 is 1.62 bits per heavy atom. The Morgan fingerprint density at radius 1 is 0.973 bits per heavy atom. The van der Waals surface area contributed by atoms with Crippen LogP contribution in [0.15, 0.2) is 64.3 Å². The maximum Gasteiger partial charge on any atom is 0.330 e. The van der Waals surface area contributed by atoms with E-state index in [2.05, 4.69) is 10.3 Å². The molecule has 0 aliphatic heterocycles. The first kappa shape index (κ1) is 26.1. The second-order valence-electron chi connectivity index (χ2n) is 8.29. The summed E-state index contributed by atoms with van der Waals surface area (Å²) < 4.78 is 2.01. The second-order valence-corrected chi connectivity index (χ2v) is 9.05. The van der Waals surface area contributed by atoms with Gasteiger partial charge < -0.3 is 9.88 Å². The third kappa shape index (κ3) is 4.85. The number of carbonyl (C=O) groups is 2. The summed E-state index contributed by atoms with van der Waals surface area (Å²) in [5.41, 5.74) is 2.43. The molecule has 0 aliphatic carbocycles. The summed E-state index contributed by atoms with van der Waals surface area (Å²) in [6, 6.07) is 13.9. The molecule has 37 heavy (non-hydrogen) atoms. The van der Waals surface area contributed by atoms with Crippen LogP contribution in [0.2, 0.25) is 10.0 Å². The van der Waals surface area contributed by atoms with E-state index in [0.717, 1.165) is 15.4 Å². The van der Waals surface area contributed by atoms with Crippen LogP contribution in [0.5, 0.6) is 0 Å². The number of nitrogens with zero attached hydrogens (tertiary/aromatic N) is 3. The van der Waals surface area contributed by atoms with Gasteiger partial charge in [0, 0.05) is 42.5 Å². The molecule has 0 spiro atoms. The quantitative estimate of drug-likeness (QED) is 0.358. The number of benzene rings is 2. The van der Waals surface area contributed by atoms with E-state index in [0.29, 0.717) is 45.1 Å². The number of anilines is 1. The standard InChI is InChI=1S/C27H22Cl2N4O4/c1-4-20-15(14-34)11-12-21(30-20)18-9-5-7-16(23(18)28)17-8-6-10-22(24(17)29)31-25(35)19-13-32(2)27(37)33(3)26(19)36/h5-14H,4H2,1-3H3,(H,31,35). The van der Waals surface area contributed by atoms with Gasteiger partial charge in [-0.15, -0.1) is 0 Å². The molecular formula is C27H22Cl2N4O4. The lowest BCUT2D eigenvalue weighted by molar-refractivity contribution is 0.102. The van der Waals surface area contributed by atoms with Crippen LogP contribution in [0.1, 0.15) is 33.3 Å². The summed E-state index contributed by atoms with van der Waals surface area (Å²) in [6.45, 7) is 1.92. The van der Waals surface area contributed by atoms with Crippen molar-refractivity contribution in [2.75, 3.05) is 5.32 Å². The highest BCUT2D eigenvalue weighted by Gasteiger charge is 2.19. The maximum absolute atomic E-state index is 12.9. The largest absolute Gasteiger partial charge is 0.330 e. The number of halogens is 2. The number of hydrogen-bond donors (Lipinski definition) is 1. The molecule has 2 heterocycles. The van der Waals surface area contributed by atoms with E-state index in [-0.39, 0.29) is 16.3 Å². The van der Waals surface area contributed by atoms with Gasteiger partial charge in [0.05, 0.1) is 27.1 Å². The molecule has 188 valence electrons. The molecule has 0 unspecified atom stereocenters. The Hall–Kier alpha value is -4.01. The summed E-state index contributed by atoms with van der Waals surface area (Å²) in [5.74, 6) is -0.707. The highest BCUT2D eigenvalue weighted by Crippen LogP contribution is 2.41. The predicted molar refractivity (Wildman–Crippen MR) is 145 cm³/mol. The van der Waals surface area contributed by atoms with Crippen LogP contribution in [-0.2, 0) is 20.5 Å². The van der Waals surface area contributed by atoms with Gasteiger partial charge in [0.2, 0.25) is 0 Å². The van der Waals surface area contributed by atoms with Crippen molar-refractivity contribution in [1.29, 1.82) is 0 Å². The molecule has 0 radical (unpaired) electrons. The minimum absolute atomic E-state index is 0.206. The Balaban J connectivity index is 1.74. The minimum Gasteiger partial charge on any atom is -0.320 e. The van der Waals surface area contributed by atoms with Crippen molar-refractivity contribution in [3.63, 3.8) is 0 Å². The first-order chi connectivity index (χ1) is 17.7. The molecule has 2 aromatic heterocycles. The van der Waals surface area contributed by atoms with Gasteiger partial charge in [0.15, 0.2) is 6.29 Å². The molecular weight excluding hydrogens is 515 g/mol. The summed E-state index contributed by atoms with van der Waals surface area (Å²) in [6.07, 6.45) is 2.55. The lowest BCUT2D eigenvalue weighted by Gasteiger charge is -2.15. The first-order valence-corrected chi connectivity index (χ1v) is 12.0. The highest BCUT2D eigenvalue weighted by atomic mass is 35.5. The predicted octanol–water partition coefficient (Wildman–Crippen LogP) is 4.75. The zero-order valence-electron chi connectivity index (χ0n) is 20.2. The zero-order chi connectivity index (χ0) is 26.9. The molecule has 0 aliphatic rings. The van der Waals surface area contributed by atoms with Gasteiger partial charge >= 0.3 is 5.69 Å². The van der Waals surface area contributed by atoms with E-state index < -0.39 is 17.2 Å². The van der Waals surface area contributed by atoms with Crippen LogP contribution in [0, 0.1) is 0 Å². The number of aryl methyl sites for hydroxylation is 2. The number of aromatic nitrogens is 3. The number of hydrogen-bond acceptors (Lipinski definition) is 5. The first-order valence-electron chi connectivity index (χ1n) is 11.3. The van der Waals surface area contributed by atoms with E-state index in [1.165, 1.54) is 20.3 Å². The van der Waals surface area contributed by atoms with Crippen LogP contribution in [0.4, 0.5) is 5.69 Å². The monoisotopic (exact) mass is 536 g/mol. The Kier molecular flexibility index (Phi) is 7.42. The summed E-state index contributed by atoms with van der Waals surface area (Å²) in [7, 11) is 2.75. The molecule has 1 amide bonds. The van der Waals surface area contributed by atoms with Gasteiger partial charge in [0.25, 0.3) is 11.5 Å². The lowest BCUT2D eigenvalue weighted by Crippen LogP contribution is -2.40. The van der Waals surface area contributed by atoms with Crippen molar-refractivity contribution in [2.45, 2.75) is 13.3 Å². The normalized spacial score (nSPS) is 10.8. The third-order valence-electron chi connectivity index (χ3n) is 5.97. The number of carbonyl (C=O) groups excluding carboxylic acids is 2. The Labute approximate surface area is 222 Å². The molecule has 2 aromatic carbocycles. The molecule has 0 fully saturated rings.